The summed E-state index contributed by atoms with van der Waals surface area (Å²) in [7, 11) is 1.61. The number of carbonyl (C=O) groups excluding carboxylic acids is 1. The van der Waals surface area contributed by atoms with E-state index < -0.39 is 5.97 Å². The minimum atomic E-state index is -0.453. The summed E-state index contributed by atoms with van der Waals surface area (Å²) in [6, 6.07) is 7.41. The van der Waals surface area contributed by atoms with Gasteiger partial charge in [0, 0.05) is 24.9 Å². The minimum Gasteiger partial charge on any atom is -0.497 e. The number of benzene rings is 1. The van der Waals surface area contributed by atoms with Gasteiger partial charge in [-0.2, -0.15) is 0 Å². The SMILES string of the molecule is CCCOCCNc1nc(-c2ccc(OC)cc2)ncc1C(=O)OCC. The van der Waals surface area contributed by atoms with Crippen LogP contribution in [0.2, 0.25) is 0 Å². The first-order valence-corrected chi connectivity index (χ1v) is 8.69. The summed E-state index contributed by atoms with van der Waals surface area (Å²) >= 11 is 0. The maximum Gasteiger partial charge on any atom is 0.343 e. The Morgan fingerprint density at radius 2 is 1.92 bits per heavy atom. The van der Waals surface area contributed by atoms with Crippen LogP contribution in [0.1, 0.15) is 30.6 Å². The van der Waals surface area contributed by atoms with Crippen molar-refractivity contribution in [3.8, 4) is 17.1 Å². The van der Waals surface area contributed by atoms with Crippen LogP contribution >= 0.6 is 0 Å². The number of rotatable bonds is 10. The molecule has 0 saturated heterocycles. The van der Waals surface area contributed by atoms with E-state index in [2.05, 4.69) is 22.2 Å². The molecule has 0 amide bonds. The molecule has 0 bridgehead atoms. The molecule has 0 aliphatic heterocycles. The second kappa shape index (κ2) is 10.4. The highest BCUT2D eigenvalue weighted by Crippen LogP contribution is 2.22. The van der Waals surface area contributed by atoms with E-state index in [4.69, 9.17) is 14.2 Å². The van der Waals surface area contributed by atoms with E-state index in [1.54, 1.807) is 14.0 Å². The zero-order valence-electron chi connectivity index (χ0n) is 15.4. The lowest BCUT2D eigenvalue weighted by atomic mass is 10.2. The van der Waals surface area contributed by atoms with E-state index in [1.807, 2.05) is 24.3 Å². The number of hydrogen-bond donors (Lipinski definition) is 1. The van der Waals surface area contributed by atoms with Crippen LogP contribution in [0, 0.1) is 0 Å². The highest BCUT2D eigenvalue weighted by molar-refractivity contribution is 5.94. The topological polar surface area (TPSA) is 82.6 Å². The number of nitrogens with zero attached hydrogens (tertiary/aromatic N) is 2. The number of carbonyl (C=O) groups is 1. The summed E-state index contributed by atoms with van der Waals surface area (Å²) in [5.41, 5.74) is 1.13. The van der Waals surface area contributed by atoms with Gasteiger partial charge in [0.15, 0.2) is 5.82 Å². The molecule has 140 valence electrons. The van der Waals surface area contributed by atoms with Crippen molar-refractivity contribution < 1.29 is 19.0 Å². The molecule has 0 aliphatic carbocycles. The van der Waals surface area contributed by atoms with Gasteiger partial charge in [0.1, 0.15) is 17.1 Å². The van der Waals surface area contributed by atoms with Gasteiger partial charge in [-0.1, -0.05) is 6.92 Å². The normalized spacial score (nSPS) is 10.4. The Morgan fingerprint density at radius 3 is 2.58 bits per heavy atom. The second-order valence-corrected chi connectivity index (χ2v) is 5.44. The highest BCUT2D eigenvalue weighted by Gasteiger charge is 2.16. The average Bonchev–Trinajstić information content (AvgIpc) is 2.68. The molecule has 0 unspecified atom stereocenters. The van der Waals surface area contributed by atoms with Crippen LogP contribution in [-0.2, 0) is 9.47 Å². The van der Waals surface area contributed by atoms with Gasteiger partial charge in [-0.3, -0.25) is 0 Å². The number of hydrogen-bond acceptors (Lipinski definition) is 7. The van der Waals surface area contributed by atoms with Crippen LogP contribution in [0.15, 0.2) is 30.5 Å². The third kappa shape index (κ3) is 5.42. The first-order chi connectivity index (χ1) is 12.7. The summed E-state index contributed by atoms with van der Waals surface area (Å²) < 4.78 is 15.7. The van der Waals surface area contributed by atoms with Crippen LogP contribution < -0.4 is 10.1 Å². The number of ether oxygens (including phenoxy) is 3. The number of esters is 1. The fourth-order valence-corrected chi connectivity index (χ4v) is 2.24. The van der Waals surface area contributed by atoms with Crippen molar-refractivity contribution in [2.24, 2.45) is 0 Å². The van der Waals surface area contributed by atoms with E-state index in [0.717, 1.165) is 17.7 Å². The molecule has 1 aromatic carbocycles. The third-order valence-corrected chi connectivity index (χ3v) is 3.52. The fraction of sp³-hybridized carbons (Fsp3) is 0.421. The standard InChI is InChI=1S/C19H25N3O4/c1-4-11-25-12-10-20-18-16(19(23)26-5-2)13-21-17(22-18)14-6-8-15(24-3)9-7-14/h6-9,13H,4-5,10-12H2,1-3H3,(H,20,21,22). The molecule has 0 radical (unpaired) electrons. The van der Waals surface area contributed by atoms with Crippen LogP contribution in [0.4, 0.5) is 5.82 Å². The highest BCUT2D eigenvalue weighted by atomic mass is 16.5. The predicted octanol–water partition coefficient (Wildman–Crippen LogP) is 3.17. The van der Waals surface area contributed by atoms with Crippen molar-refractivity contribution in [2.45, 2.75) is 20.3 Å². The Bertz CT molecular complexity index is 704. The molecule has 7 heteroatoms. The van der Waals surface area contributed by atoms with Crippen LogP contribution in [0.25, 0.3) is 11.4 Å². The van der Waals surface area contributed by atoms with E-state index in [-0.39, 0.29) is 6.61 Å². The molecule has 1 N–H and O–H groups in total. The smallest absolute Gasteiger partial charge is 0.343 e. The number of anilines is 1. The molecule has 2 aromatic rings. The van der Waals surface area contributed by atoms with Crippen molar-refractivity contribution >= 4 is 11.8 Å². The average molecular weight is 359 g/mol. The number of methoxy groups -OCH3 is 1. The van der Waals surface area contributed by atoms with Gasteiger partial charge in [-0.15, -0.1) is 0 Å². The van der Waals surface area contributed by atoms with E-state index >= 15 is 0 Å². The Balaban J connectivity index is 2.22. The predicted molar refractivity (Wildman–Crippen MR) is 99.6 cm³/mol. The first kappa shape index (κ1) is 19.7. The van der Waals surface area contributed by atoms with Crippen molar-refractivity contribution in [3.05, 3.63) is 36.0 Å². The summed E-state index contributed by atoms with van der Waals surface area (Å²) in [4.78, 5) is 20.9. The van der Waals surface area contributed by atoms with Gasteiger partial charge < -0.3 is 19.5 Å². The summed E-state index contributed by atoms with van der Waals surface area (Å²) in [6.07, 6.45) is 2.45. The lowest BCUT2D eigenvalue weighted by molar-refractivity contribution is 0.0526. The first-order valence-electron chi connectivity index (χ1n) is 8.69. The Kier molecular flexibility index (Phi) is 7.82. The second-order valence-electron chi connectivity index (χ2n) is 5.44. The maximum atomic E-state index is 12.1. The third-order valence-electron chi connectivity index (χ3n) is 3.52. The molecule has 0 aliphatic rings. The monoisotopic (exact) mass is 359 g/mol. The lowest BCUT2D eigenvalue weighted by Crippen LogP contribution is -2.16. The zero-order valence-corrected chi connectivity index (χ0v) is 15.4. The molecule has 26 heavy (non-hydrogen) atoms. The molecule has 7 nitrogen and oxygen atoms in total. The Labute approximate surface area is 153 Å². The van der Waals surface area contributed by atoms with Gasteiger partial charge in [-0.05, 0) is 37.6 Å². The number of nitrogens with one attached hydrogen (secondary N) is 1. The molecule has 0 saturated carbocycles. The lowest BCUT2D eigenvalue weighted by Gasteiger charge is -2.12. The van der Waals surface area contributed by atoms with Crippen molar-refractivity contribution in [1.29, 1.82) is 0 Å². The summed E-state index contributed by atoms with van der Waals surface area (Å²) in [5, 5.41) is 3.14. The Morgan fingerprint density at radius 1 is 1.15 bits per heavy atom. The molecular formula is C19H25N3O4. The molecule has 1 aromatic heterocycles. The Hall–Kier alpha value is -2.67. The minimum absolute atomic E-state index is 0.290. The van der Waals surface area contributed by atoms with Gasteiger partial charge >= 0.3 is 5.97 Å². The van der Waals surface area contributed by atoms with Crippen molar-refractivity contribution in [3.63, 3.8) is 0 Å². The quantitative estimate of drug-likeness (QED) is 0.515. The summed E-state index contributed by atoms with van der Waals surface area (Å²) in [6.45, 7) is 5.86. The van der Waals surface area contributed by atoms with Crippen molar-refractivity contribution in [1.82, 2.24) is 9.97 Å². The molecule has 2 rings (SSSR count). The molecular weight excluding hydrogens is 334 g/mol. The van der Waals surface area contributed by atoms with E-state index in [1.165, 1.54) is 6.20 Å². The van der Waals surface area contributed by atoms with Gasteiger partial charge in [-0.25, -0.2) is 14.8 Å². The molecule has 0 spiro atoms. The largest absolute Gasteiger partial charge is 0.497 e. The molecule has 0 atom stereocenters. The van der Waals surface area contributed by atoms with Crippen molar-refractivity contribution in [2.75, 3.05) is 38.8 Å². The van der Waals surface area contributed by atoms with E-state index in [9.17, 15) is 4.79 Å². The van der Waals surface area contributed by atoms with E-state index in [0.29, 0.717) is 37.0 Å². The van der Waals surface area contributed by atoms with Crippen LogP contribution in [0.3, 0.4) is 0 Å². The van der Waals surface area contributed by atoms with Gasteiger partial charge in [0.2, 0.25) is 0 Å². The fourth-order valence-electron chi connectivity index (χ4n) is 2.24. The number of aromatic nitrogens is 2. The van der Waals surface area contributed by atoms with Crippen LogP contribution in [-0.4, -0.2) is 49.4 Å². The van der Waals surface area contributed by atoms with Gasteiger partial charge in [0.05, 0.1) is 20.3 Å². The molecule has 0 fully saturated rings. The van der Waals surface area contributed by atoms with Gasteiger partial charge in [0.25, 0.3) is 0 Å². The zero-order chi connectivity index (χ0) is 18.8. The molecule has 1 heterocycles. The maximum absolute atomic E-state index is 12.1. The van der Waals surface area contributed by atoms with Crippen LogP contribution in [0.5, 0.6) is 5.75 Å². The summed E-state index contributed by atoms with van der Waals surface area (Å²) in [5.74, 6) is 1.25.